The van der Waals surface area contributed by atoms with Gasteiger partial charge in [0.15, 0.2) is 0 Å². The van der Waals surface area contributed by atoms with E-state index in [2.05, 4.69) is 61.3 Å². The van der Waals surface area contributed by atoms with Crippen molar-refractivity contribution >= 4 is 11.3 Å². The Labute approximate surface area is 124 Å². The van der Waals surface area contributed by atoms with E-state index in [-0.39, 0.29) is 5.41 Å². The lowest BCUT2D eigenvalue weighted by Gasteiger charge is -2.16. The summed E-state index contributed by atoms with van der Waals surface area (Å²) in [5, 5.41) is 0. The molecule has 4 heteroatoms. The lowest BCUT2D eigenvalue weighted by molar-refractivity contribution is 0.543. The molecular weight excluding hydrogens is 260 g/mol. The second kappa shape index (κ2) is 4.58. The Balaban J connectivity index is 2.35. The molecule has 0 fully saturated rings. The minimum atomic E-state index is -0.0698. The molecule has 0 atom stereocenters. The number of nitrogens with two attached hydrogens (primary N) is 1. The molecule has 0 spiro atoms. The van der Waals surface area contributed by atoms with Crippen LogP contribution in [0.25, 0.3) is 16.8 Å². The number of aromatic nitrogens is 3. The van der Waals surface area contributed by atoms with Gasteiger partial charge in [0.2, 0.25) is 0 Å². The molecular formula is C17H20N4. The van der Waals surface area contributed by atoms with Crippen LogP contribution in [0.5, 0.6) is 0 Å². The monoisotopic (exact) mass is 280 g/mol. The third kappa shape index (κ3) is 2.27. The van der Waals surface area contributed by atoms with Crippen LogP contribution in [0.15, 0.2) is 36.7 Å². The number of hydrogen-bond donors (Lipinski definition) is 1. The van der Waals surface area contributed by atoms with Crippen molar-refractivity contribution in [2.45, 2.75) is 33.1 Å². The molecule has 0 amide bonds. The Kier molecular flexibility index (Phi) is 2.97. The Morgan fingerprint density at radius 2 is 1.76 bits per heavy atom. The molecule has 2 aromatic heterocycles. The van der Waals surface area contributed by atoms with Gasteiger partial charge in [-0.2, -0.15) is 0 Å². The molecule has 3 aromatic rings. The number of nitrogens with zero attached hydrogens (tertiary/aromatic N) is 3. The van der Waals surface area contributed by atoms with E-state index in [1.807, 2.05) is 6.20 Å². The van der Waals surface area contributed by atoms with E-state index >= 15 is 0 Å². The normalized spacial score (nSPS) is 12.0. The average Bonchev–Trinajstić information content (AvgIpc) is 2.80. The lowest BCUT2D eigenvalue weighted by atomic mass is 9.96. The molecule has 0 unspecified atom stereocenters. The molecule has 0 bridgehead atoms. The summed E-state index contributed by atoms with van der Waals surface area (Å²) in [5.41, 5.74) is 10.1. The zero-order chi connectivity index (χ0) is 15.2. The van der Waals surface area contributed by atoms with E-state index < -0.39 is 0 Å². The van der Waals surface area contributed by atoms with E-state index in [1.165, 1.54) is 5.56 Å². The summed E-state index contributed by atoms with van der Waals surface area (Å²) in [7, 11) is 0. The fraction of sp³-hybridized carbons (Fsp3) is 0.294. The molecule has 4 nitrogen and oxygen atoms in total. The van der Waals surface area contributed by atoms with Crippen molar-refractivity contribution in [3.8, 4) is 11.3 Å². The number of imidazole rings is 1. The van der Waals surface area contributed by atoms with Gasteiger partial charge in [0.1, 0.15) is 22.9 Å². The first-order valence-corrected chi connectivity index (χ1v) is 7.08. The van der Waals surface area contributed by atoms with Crippen LogP contribution in [-0.4, -0.2) is 14.4 Å². The van der Waals surface area contributed by atoms with Crippen molar-refractivity contribution in [2.75, 3.05) is 5.73 Å². The van der Waals surface area contributed by atoms with Gasteiger partial charge in [-0.15, -0.1) is 0 Å². The molecule has 1 aromatic carbocycles. The number of benzene rings is 1. The topological polar surface area (TPSA) is 56.2 Å². The summed E-state index contributed by atoms with van der Waals surface area (Å²) in [6.07, 6.45) is 3.65. The highest BCUT2D eigenvalue weighted by Crippen LogP contribution is 2.32. The summed E-state index contributed by atoms with van der Waals surface area (Å²) >= 11 is 0. The molecule has 21 heavy (non-hydrogen) atoms. The van der Waals surface area contributed by atoms with Crippen LogP contribution in [0.4, 0.5) is 5.82 Å². The first-order chi connectivity index (χ1) is 9.88. The van der Waals surface area contributed by atoms with E-state index in [1.54, 1.807) is 6.20 Å². The summed E-state index contributed by atoms with van der Waals surface area (Å²) in [6.45, 7) is 8.53. The minimum absolute atomic E-state index is 0.0698. The predicted octanol–water partition coefficient (Wildman–Crippen LogP) is 3.58. The van der Waals surface area contributed by atoms with Gasteiger partial charge in [0.05, 0.1) is 0 Å². The van der Waals surface area contributed by atoms with Gasteiger partial charge in [-0.1, -0.05) is 50.6 Å². The van der Waals surface area contributed by atoms with Gasteiger partial charge in [0, 0.05) is 23.4 Å². The highest BCUT2D eigenvalue weighted by atomic mass is 15.1. The number of aryl methyl sites for hydroxylation is 1. The smallest absolute Gasteiger partial charge is 0.150 e. The molecule has 2 N–H and O–H groups in total. The third-order valence-corrected chi connectivity index (χ3v) is 3.58. The van der Waals surface area contributed by atoms with Gasteiger partial charge in [-0.25, -0.2) is 9.97 Å². The molecule has 2 heterocycles. The molecule has 0 aliphatic carbocycles. The molecule has 0 radical (unpaired) electrons. The number of hydrogen-bond acceptors (Lipinski definition) is 3. The molecule has 0 saturated heterocycles. The summed E-state index contributed by atoms with van der Waals surface area (Å²) in [5.74, 6) is 1.50. The van der Waals surface area contributed by atoms with Crippen molar-refractivity contribution < 1.29 is 0 Å². The Morgan fingerprint density at radius 1 is 1.10 bits per heavy atom. The van der Waals surface area contributed by atoms with E-state index in [0.717, 1.165) is 22.6 Å². The SMILES string of the molecule is Cc1ccc(-c2nc(C(C)(C)C)n3ccnc(N)c23)cc1. The van der Waals surface area contributed by atoms with Gasteiger partial charge >= 0.3 is 0 Å². The Bertz CT molecular complexity index is 792. The summed E-state index contributed by atoms with van der Waals surface area (Å²) in [4.78, 5) is 9.09. The van der Waals surface area contributed by atoms with Crippen molar-refractivity contribution in [1.29, 1.82) is 0 Å². The predicted molar refractivity (Wildman–Crippen MR) is 86.3 cm³/mol. The number of nitrogen functional groups attached to an aromatic ring is 1. The molecule has 0 aliphatic heterocycles. The van der Waals surface area contributed by atoms with Gasteiger partial charge in [-0.05, 0) is 6.92 Å². The van der Waals surface area contributed by atoms with E-state index in [4.69, 9.17) is 10.7 Å². The summed E-state index contributed by atoms with van der Waals surface area (Å²) in [6, 6.07) is 8.33. The molecule has 3 rings (SSSR count). The lowest BCUT2D eigenvalue weighted by Crippen LogP contribution is -2.16. The second-order valence-electron chi connectivity index (χ2n) is 6.43. The van der Waals surface area contributed by atoms with Crippen LogP contribution >= 0.6 is 0 Å². The number of rotatable bonds is 1. The Morgan fingerprint density at radius 3 is 2.38 bits per heavy atom. The van der Waals surface area contributed by atoms with Gasteiger partial charge in [-0.3, -0.25) is 4.40 Å². The fourth-order valence-corrected chi connectivity index (χ4v) is 2.51. The van der Waals surface area contributed by atoms with Crippen molar-refractivity contribution in [2.24, 2.45) is 0 Å². The van der Waals surface area contributed by atoms with Crippen LogP contribution in [0.2, 0.25) is 0 Å². The van der Waals surface area contributed by atoms with E-state index in [9.17, 15) is 0 Å². The standard InChI is InChI=1S/C17H20N4/c1-11-5-7-12(8-6-11)13-14-15(18)19-9-10-21(14)16(20-13)17(2,3)4/h5-10H,1-4H3,(H2,18,19). The van der Waals surface area contributed by atoms with Crippen LogP contribution in [0.1, 0.15) is 32.2 Å². The first-order valence-electron chi connectivity index (χ1n) is 7.08. The highest BCUT2D eigenvalue weighted by molar-refractivity contribution is 5.85. The zero-order valence-electron chi connectivity index (χ0n) is 12.9. The molecule has 0 aliphatic rings. The van der Waals surface area contributed by atoms with Crippen LogP contribution in [0, 0.1) is 6.92 Å². The highest BCUT2D eigenvalue weighted by Gasteiger charge is 2.24. The summed E-state index contributed by atoms with van der Waals surface area (Å²) < 4.78 is 2.05. The van der Waals surface area contributed by atoms with E-state index in [0.29, 0.717) is 5.82 Å². The van der Waals surface area contributed by atoms with Crippen LogP contribution in [-0.2, 0) is 5.41 Å². The second-order valence-corrected chi connectivity index (χ2v) is 6.43. The molecule has 108 valence electrons. The van der Waals surface area contributed by atoms with Gasteiger partial charge in [0.25, 0.3) is 0 Å². The maximum atomic E-state index is 6.11. The Hall–Kier alpha value is -2.36. The number of fused-ring (bicyclic) bond motifs is 1. The zero-order valence-corrected chi connectivity index (χ0v) is 12.9. The fourth-order valence-electron chi connectivity index (χ4n) is 2.51. The minimum Gasteiger partial charge on any atom is -0.382 e. The maximum absolute atomic E-state index is 6.11. The average molecular weight is 280 g/mol. The largest absolute Gasteiger partial charge is 0.382 e. The van der Waals surface area contributed by atoms with Crippen molar-refractivity contribution in [3.05, 3.63) is 48.0 Å². The first kappa shape index (κ1) is 13.6. The van der Waals surface area contributed by atoms with Gasteiger partial charge < -0.3 is 5.73 Å². The van der Waals surface area contributed by atoms with Crippen molar-refractivity contribution in [1.82, 2.24) is 14.4 Å². The number of anilines is 1. The van der Waals surface area contributed by atoms with Crippen LogP contribution < -0.4 is 5.73 Å². The maximum Gasteiger partial charge on any atom is 0.150 e. The molecule has 0 saturated carbocycles. The third-order valence-electron chi connectivity index (χ3n) is 3.58. The quantitative estimate of drug-likeness (QED) is 0.741. The van der Waals surface area contributed by atoms with Crippen molar-refractivity contribution in [3.63, 3.8) is 0 Å². The van der Waals surface area contributed by atoms with Crippen LogP contribution in [0.3, 0.4) is 0 Å².